The van der Waals surface area contributed by atoms with E-state index in [1.807, 2.05) is 49.4 Å². The molecule has 2 aliphatic heterocycles. The molecule has 1 atom stereocenters. The molecule has 0 bridgehead atoms. The number of rotatable bonds is 6. The van der Waals surface area contributed by atoms with Crippen LogP contribution in [0.2, 0.25) is 0 Å². The second-order valence-electron chi connectivity index (χ2n) is 7.83. The Kier molecular flexibility index (Phi) is 6.69. The molecule has 0 unspecified atom stereocenters. The molecule has 164 valence electrons. The van der Waals surface area contributed by atoms with E-state index in [2.05, 4.69) is 26.5 Å². The van der Waals surface area contributed by atoms with Crippen molar-refractivity contribution in [3.8, 4) is 11.5 Å². The zero-order valence-corrected chi connectivity index (χ0v) is 17.7. The number of carbonyl (C=O) groups excluding carboxylic acids is 2. The number of urea groups is 1. The highest BCUT2D eigenvalue weighted by molar-refractivity contribution is 5.96. The monoisotopic (exact) mass is 424 g/mol. The highest BCUT2D eigenvalue weighted by atomic mass is 16.7. The molecule has 8 nitrogen and oxygen atoms in total. The van der Waals surface area contributed by atoms with Crippen molar-refractivity contribution in [1.29, 1.82) is 0 Å². The fraction of sp³-hybridized carbons (Fsp3) is 0.391. The van der Waals surface area contributed by atoms with Crippen LogP contribution < -0.4 is 20.1 Å². The Bertz CT molecular complexity index is 913. The number of amides is 3. The number of carbonyl (C=O) groups is 2. The first-order valence-electron chi connectivity index (χ1n) is 10.6. The number of benzene rings is 2. The van der Waals surface area contributed by atoms with Gasteiger partial charge in [-0.1, -0.05) is 36.4 Å². The summed E-state index contributed by atoms with van der Waals surface area (Å²) in [7, 11) is 0. The number of fused-ring (bicyclic) bond motifs is 1. The van der Waals surface area contributed by atoms with Crippen molar-refractivity contribution in [3.05, 3.63) is 59.7 Å². The largest absolute Gasteiger partial charge is 0.454 e. The Labute approximate surface area is 182 Å². The van der Waals surface area contributed by atoms with Gasteiger partial charge in [0.1, 0.15) is 0 Å². The van der Waals surface area contributed by atoms with Crippen LogP contribution in [-0.2, 0) is 17.9 Å². The smallest absolute Gasteiger partial charge is 0.321 e. The highest BCUT2D eigenvalue weighted by Crippen LogP contribution is 2.32. The summed E-state index contributed by atoms with van der Waals surface area (Å²) in [5.74, 6) is 1.31. The van der Waals surface area contributed by atoms with Gasteiger partial charge in [-0.05, 0) is 30.2 Å². The predicted octanol–water partition coefficient (Wildman–Crippen LogP) is 1.95. The fourth-order valence-electron chi connectivity index (χ4n) is 3.81. The third-order valence-corrected chi connectivity index (χ3v) is 5.71. The van der Waals surface area contributed by atoms with E-state index in [1.165, 1.54) is 5.56 Å². The van der Waals surface area contributed by atoms with Gasteiger partial charge in [-0.3, -0.25) is 19.9 Å². The molecule has 2 aromatic rings. The molecule has 31 heavy (non-hydrogen) atoms. The molecule has 0 radical (unpaired) electrons. The van der Waals surface area contributed by atoms with Crippen molar-refractivity contribution in [2.24, 2.45) is 0 Å². The van der Waals surface area contributed by atoms with Gasteiger partial charge in [0.15, 0.2) is 11.5 Å². The van der Waals surface area contributed by atoms with Crippen LogP contribution in [0.25, 0.3) is 0 Å². The van der Waals surface area contributed by atoms with Crippen LogP contribution in [0.4, 0.5) is 4.79 Å². The lowest BCUT2D eigenvalue weighted by Gasteiger charge is -2.37. The molecule has 2 N–H and O–H groups in total. The van der Waals surface area contributed by atoms with Gasteiger partial charge < -0.3 is 14.8 Å². The van der Waals surface area contributed by atoms with Crippen molar-refractivity contribution in [2.75, 3.05) is 33.0 Å². The van der Waals surface area contributed by atoms with Crippen LogP contribution in [0.5, 0.6) is 11.5 Å². The first kappa shape index (κ1) is 21.1. The van der Waals surface area contributed by atoms with Gasteiger partial charge in [0.2, 0.25) is 12.7 Å². The summed E-state index contributed by atoms with van der Waals surface area (Å²) < 4.78 is 10.8. The normalized spacial score (nSPS) is 17.2. The van der Waals surface area contributed by atoms with Gasteiger partial charge in [0.25, 0.3) is 0 Å². The molecule has 1 saturated heterocycles. The van der Waals surface area contributed by atoms with Crippen LogP contribution in [0.15, 0.2) is 48.5 Å². The van der Waals surface area contributed by atoms with E-state index in [1.54, 1.807) is 0 Å². The Morgan fingerprint density at radius 1 is 0.968 bits per heavy atom. The quantitative estimate of drug-likeness (QED) is 0.738. The van der Waals surface area contributed by atoms with Crippen LogP contribution in [0, 0.1) is 0 Å². The van der Waals surface area contributed by atoms with E-state index in [4.69, 9.17) is 9.47 Å². The Morgan fingerprint density at radius 2 is 1.71 bits per heavy atom. The van der Waals surface area contributed by atoms with Crippen molar-refractivity contribution in [1.82, 2.24) is 20.4 Å². The molecule has 2 aliphatic rings. The van der Waals surface area contributed by atoms with Gasteiger partial charge in [0, 0.05) is 39.3 Å². The van der Waals surface area contributed by atoms with Crippen LogP contribution in [0.1, 0.15) is 18.1 Å². The van der Waals surface area contributed by atoms with Gasteiger partial charge in [-0.15, -0.1) is 0 Å². The molecule has 0 saturated carbocycles. The minimum absolute atomic E-state index is 0.279. The van der Waals surface area contributed by atoms with E-state index in [0.717, 1.165) is 49.8 Å². The molecular formula is C23H28N4O4. The standard InChI is InChI=1S/C23H28N4O4/c1-17(22(28)25-23(29)24-14-18-5-3-2-4-6-18)27-11-9-26(10-12-27)15-19-7-8-20-21(13-19)31-16-30-20/h2-8,13,17H,9-12,14-16H2,1H3,(H2,24,25,28,29)/t17-/m0/s1. The maximum Gasteiger partial charge on any atom is 0.321 e. The molecular weight excluding hydrogens is 396 g/mol. The Hall–Kier alpha value is -3.10. The topological polar surface area (TPSA) is 83.1 Å². The lowest BCUT2D eigenvalue weighted by Crippen LogP contribution is -2.55. The second-order valence-corrected chi connectivity index (χ2v) is 7.83. The fourth-order valence-corrected chi connectivity index (χ4v) is 3.81. The molecule has 2 heterocycles. The Morgan fingerprint density at radius 3 is 2.48 bits per heavy atom. The summed E-state index contributed by atoms with van der Waals surface area (Å²) in [6, 6.07) is 14.8. The molecule has 8 heteroatoms. The highest BCUT2D eigenvalue weighted by Gasteiger charge is 2.26. The predicted molar refractivity (Wildman–Crippen MR) is 116 cm³/mol. The third-order valence-electron chi connectivity index (χ3n) is 5.71. The van der Waals surface area contributed by atoms with Gasteiger partial charge >= 0.3 is 6.03 Å². The summed E-state index contributed by atoms with van der Waals surface area (Å²) in [5, 5.41) is 5.18. The van der Waals surface area contributed by atoms with Crippen molar-refractivity contribution < 1.29 is 19.1 Å². The molecule has 0 aliphatic carbocycles. The lowest BCUT2D eigenvalue weighted by molar-refractivity contribution is -0.125. The van der Waals surface area contributed by atoms with Crippen LogP contribution in [-0.4, -0.2) is 60.8 Å². The van der Waals surface area contributed by atoms with Crippen molar-refractivity contribution >= 4 is 11.9 Å². The van der Waals surface area contributed by atoms with E-state index in [0.29, 0.717) is 6.54 Å². The third kappa shape index (κ3) is 5.53. The minimum Gasteiger partial charge on any atom is -0.454 e. The molecule has 4 rings (SSSR count). The number of ether oxygens (including phenoxy) is 2. The van der Waals surface area contributed by atoms with Crippen LogP contribution in [0.3, 0.4) is 0 Å². The number of hydrogen-bond acceptors (Lipinski definition) is 6. The Balaban J connectivity index is 1.20. The number of piperazine rings is 1. The first-order valence-corrected chi connectivity index (χ1v) is 10.6. The lowest BCUT2D eigenvalue weighted by atomic mass is 10.1. The summed E-state index contributed by atoms with van der Waals surface area (Å²) >= 11 is 0. The number of nitrogens with one attached hydrogen (secondary N) is 2. The first-order chi connectivity index (χ1) is 15.1. The van der Waals surface area contributed by atoms with Crippen LogP contribution >= 0.6 is 0 Å². The zero-order valence-electron chi connectivity index (χ0n) is 17.7. The van der Waals surface area contributed by atoms with E-state index in [9.17, 15) is 9.59 Å². The van der Waals surface area contributed by atoms with Gasteiger partial charge in [-0.25, -0.2) is 4.79 Å². The van der Waals surface area contributed by atoms with Crippen molar-refractivity contribution in [2.45, 2.75) is 26.1 Å². The zero-order chi connectivity index (χ0) is 21.6. The van der Waals surface area contributed by atoms with E-state index in [-0.39, 0.29) is 18.7 Å². The number of hydrogen-bond donors (Lipinski definition) is 2. The summed E-state index contributed by atoms with van der Waals surface area (Å²) in [5.41, 5.74) is 2.16. The number of imide groups is 1. The summed E-state index contributed by atoms with van der Waals surface area (Å²) in [6.45, 7) is 6.57. The summed E-state index contributed by atoms with van der Waals surface area (Å²) in [6.07, 6.45) is 0. The molecule has 1 fully saturated rings. The molecule has 3 amide bonds. The molecule has 2 aromatic carbocycles. The summed E-state index contributed by atoms with van der Waals surface area (Å²) in [4.78, 5) is 29.0. The van der Waals surface area contributed by atoms with Gasteiger partial charge in [0.05, 0.1) is 6.04 Å². The second kappa shape index (κ2) is 9.80. The van der Waals surface area contributed by atoms with E-state index < -0.39 is 6.03 Å². The maximum absolute atomic E-state index is 12.5. The molecule has 0 spiro atoms. The van der Waals surface area contributed by atoms with Crippen molar-refractivity contribution in [3.63, 3.8) is 0 Å². The minimum atomic E-state index is -0.470. The maximum atomic E-state index is 12.5. The van der Waals surface area contributed by atoms with E-state index >= 15 is 0 Å². The SMILES string of the molecule is C[C@@H](C(=O)NC(=O)NCc1ccccc1)N1CCN(Cc2ccc3c(c2)OCO3)CC1. The number of nitrogens with zero attached hydrogens (tertiary/aromatic N) is 2. The van der Waals surface area contributed by atoms with Gasteiger partial charge in [-0.2, -0.15) is 0 Å². The average molecular weight is 425 g/mol. The molecule has 0 aromatic heterocycles. The average Bonchev–Trinajstić information content (AvgIpc) is 3.26.